The molecule has 0 spiro atoms. The molecule has 0 radical (unpaired) electrons. The first-order chi connectivity index (χ1) is 13.3. The van der Waals surface area contributed by atoms with Crippen LogP contribution < -0.4 is 10.6 Å². The van der Waals surface area contributed by atoms with Crippen LogP contribution in [0.3, 0.4) is 0 Å². The first kappa shape index (κ1) is 24.5. The van der Waals surface area contributed by atoms with Gasteiger partial charge in [-0.15, -0.1) is 24.0 Å². The molecule has 2 heterocycles. The predicted octanol–water partition coefficient (Wildman–Crippen LogP) is 3.40. The van der Waals surface area contributed by atoms with Crippen LogP contribution in [0.15, 0.2) is 4.99 Å². The van der Waals surface area contributed by atoms with Crippen LogP contribution in [0.2, 0.25) is 0 Å². The molecule has 28 heavy (non-hydrogen) atoms. The maximum absolute atomic E-state index is 5.12. The summed E-state index contributed by atoms with van der Waals surface area (Å²) in [6.07, 6.45) is 9.14. The molecule has 0 aromatic carbocycles. The Bertz CT molecular complexity index is 456. The fourth-order valence-corrected chi connectivity index (χ4v) is 5.90. The molecule has 0 atom stereocenters. The monoisotopic (exact) mass is 523 g/mol. The van der Waals surface area contributed by atoms with Crippen LogP contribution in [-0.4, -0.2) is 84.7 Å². The highest BCUT2D eigenvalue weighted by atomic mass is 127. The van der Waals surface area contributed by atoms with Gasteiger partial charge in [0.15, 0.2) is 5.96 Å². The Labute approximate surface area is 194 Å². The molecule has 5 nitrogen and oxygen atoms in total. The number of aliphatic imine (C=N–C) groups is 1. The average molecular weight is 524 g/mol. The summed E-state index contributed by atoms with van der Waals surface area (Å²) in [5, 5.41) is 7.27. The Morgan fingerprint density at radius 2 is 1.75 bits per heavy atom. The van der Waals surface area contributed by atoms with Gasteiger partial charge in [-0.25, -0.2) is 0 Å². The van der Waals surface area contributed by atoms with E-state index in [2.05, 4.69) is 46.0 Å². The summed E-state index contributed by atoms with van der Waals surface area (Å²) in [7, 11) is 0. The second-order valence-corrected chi connectivity index (χ2v) is 9.71. The van der Waals surface area contributed by atoms with E-state index in [1.54, 1.807) is 0 Å². The van der Waals surface area contributed by atoms with Gasteiger partial charge in [0.2, 0.25) is 0 Å². The number of guanidine groups is 1. The molecule has 3 aliphatic rings. The molecule has 0 aromatic heterocycles. The zero-order chi connectivity index (χ0) is 19.0. The van der Waals surface area contributed by atoms with Crippen LogP contribution >= 0.6 is 35.7 Å². The summed E-state index contributed by atoms with van der Waals surface area (Å²) in [6, 6.07) is 0.571. The van der Waals surface area contributed by atoms with Gasteiger partial charge >= 0.3 is 0 Å². The molecular weight excluding hydrogens is 481 g/mol. The number of nitrogens with one attached hydrogen (secondary N) is 2. The Balaban J connectivity index is 0.00000280. The minimum Gasteiger partial charge on any atom is -0.357 e. The fourth-order valence-electron chi connectivity index (χ4n) is 5.00. The molecule has 7 heteroatoms. The summed E-state index contributed by atoms with van der Waals surface area (Å²) in [5.74, 6) is 3.63. The SMILES string of the molecule is CCCN1CCC(NC(=NCC2(N3CCSCC3)CCCC2)NCC)CC1.I. The Kier molecular flexibility index (Phi) is 11.3. The number of hydrogen-bond donors (Lipinski definition) is 2. The van der Waals surface area contributed by atoms with Crippen LogP contribution in [0.5, 0.6) is 0 Å². The minimum absolute atomic E-state index is 0. The number of nitrogens with zero attached hydrogens (tertiary/aromatic N) is 3. The molecule has 0 unspecified atom stereocenters. The third kappa shape index (κ3) is 6.91. The van der Waals surface area contributed by atoms with Gasteiger partial charge < -0.3 is 15.5 Å². The van der Waals surface area contributed by atoms with Gasteiger partial charge in [0.1, 0.15) is 0 Å². The van der Waals surface area contributed by atoms with Crippen LogP contribution in [0, 0.1) is 0 Å². The van der Waals surface area contributed by atoms with Crippen molar-refractivity contribution in [3.63, 3.8) is 0 Å². The van der Waals surface area contributed by atoms with Crippen molar-refractivity contribution in [2.45, 2.75) is 70.4 Å². The van der Waals surface area contributed by atoms with Gasteiger partial charge in [-0.2, -0.15) is 11.8 Å². The van der Waals surface area contributed by atoms with E-state index in [9.17, 15) is 0 Å². The van der Waals surface area contributed by atoms with Gasteiger partial charge in [-0.1, -0.05) is 19.8 Å². The molecule has 3 rings (SSSR count). The second-order valence-electron chi connectivity index (χ2n) is 8.49. The Morgan fingerprint density at radius 1 is 1.07 bits per heavy atom. The largest absolute Gasteiger partial charge is 0.357 e. The molecular formula is C21H42IN5S. The molecule has 1 aliphatic carbocycles. The molecule has 0 amide bonds. The Hall–Kier alpha value is 0.270. The lowest BCUT2D eigenvalue weighted by Gasteiger charge is -2.42. The van der Waals surface area contributed by atoms with E-state index in [0.717, 1.165) is 19.0 Å². The summed E-state index contributed by atoms with van der Waals surface area (Å²) < 4.78 is 0. The molecule has 0 bridgehead atoms. The number of likely N-dealkylation sites (tertiary alicyclic amines) is 1. The van der Waals surface area contributed by atoms with Gasteiger partial charge in [0.05, 0.1) is 6.54 Å². The van der Waals surface area contributed by atoms with E-state index in [-0.39, 0.29) is 24.0 Å². The predicted molar refractivity (Wildman–Crippen MR) is 134 cm³/mol. The van der Waals surface area contributed by atoms with Crippen molar-refractivity contribution >= 4 is 41.7 Å². The number of piperidine rings is 1. The van der Waals surface area contributed by atoms with E-state index in [4.69, 9.17) is 4.99 Å². The lowest BCUT2D eigenvalue weighted by Crippen LogP contribution is -2.54. The third-order valence-corrected chi connectivity index (χ3v) is 7.50. The number of rotatable bonds is 7. The van der Waals surface area contributed by atoms with Gasteiger partial charge in [0.25, 0.3) is 0 Å². The standard InChI is InChI=1S/C21H41N5S.HI/c1-3-11-25-12-7-19(8-13-25)24-20(22-4-2)23-18-21(9-5-6-10-21)26-14-16-27-17-15-26;/h19H,3-18H2,1-2H3,(H2,22,23,24);1H. The van der Waals surface area contributed by atoms with Crippen molar-refractivity contribution in [2.75, 3.05) is 57.3 Å². The fraction of sp³-hybridized carbons (Fsp3) is 0.952. The van der Waals surface area contributed by atoms with Crippen molar-refractivity contribution in [3.05, 3.63) is 0 Å². The molecule has 164 valence electrons. The minimum atomic E-state index is 0. The maximum Gasteiger partial charge on any atom is 0.191 e. The third-order valence-electron chi connectivity index (χ3n) is 6.56. The van der Waals surface area contributed by atoms with Gasteiger partial charge in [0, 0.05) is 55.8 Å². The summed E-state index contributed by atoms with van der Waals surface area (Å²) in [4.78, 5) is 10.5. The molecule has 3 fully saturated rings. The van der Waals surface area contributed by atoms with Crippen LogP contribution in [0.4, 0.5) is 0 Å². The lowest BCUT2D eigenvalue weighted by atomic mass is 9.95. The molecule has 0 aromatic rings. The van der Waals surface area contributed by atoms with Gasteiger partial charge in [-0.05, 0) is 45.6 Å². The maximum atomic E-state index is 5.12. The van der Waals surface area contributed by atoms with E-state index >= 15 is 0 Å². The molecule has 1 saturated carbocycles. The van der Waals surface area contributed by atoms with Crippen molar-refractivity contribution in [2.24, 2.45) is 4.99 Å². The summed E-state index contributed by atoms with van der Waals surface area (Å²) in [6.45, 7) is 12.5. The van der Waals surface area contributed by atoms with Crippen LogP contribution in [-0.2, 0) is 0 Å². The van der Waals surface area contributed by atoms with Crippen molar-refractivity contribution in [1.29, 1.82) is 0 Å². The normalized spacial score (nSPS) is 24.7. The number of halogens is 1. The van der Waals surface area contributed by atoms with Crippen LogP contribution in [0.25, 0.3) is 0 Å². The van der Waals surface area contributed by atoms with E-state index in [1.807, 2.05) is 0 Å². The average Bonchev–Trinajstić information content (AvgIpc) is 3.19. The molecule has 2 N–H and O–H groups in total. The van der Waals surface area contributed by atoms with Crippen molar-refractivity contribution in [3.8, 4) is 0 Å². The zero-order valence-electron chi connectivity index (χ0n) is 18.0. The van der Waals surface area contributed by atoms with Gasteiger partial charge in [-0.3, -0.25) is 9.89 Å². The number of thioether (sulfide) groups is 1. The first-order valence-corrected chi connectivity index (χ1v) is 12.5. The van der Waals surface area contributed by atoms with E-state index in [0.29, 0.717) is 11.6 Å². The van der Waals surface area contributed by atoms with Crippen molar-refractivity contribution < 1.29 is 0 Å². The highest BCUT2D eigenvalue weighted by molar-refractivity contribution is 14.0. The summed E-state index contributed by atoms with van der Waals surface area (Å²) in [5.41, 5.74) is 0.327. The smallest absolute Gasteiger partial charge is 0.191 e. The number of hydrogen-bond acceptors (Lipinski definition) is 4. The van der Waals surface area contributed by atoms with E-state index in [1.165, 1.54) is 89.2 Å². The Morgan fingerprint density at radius 3 is 2.36 bits per heavy atom. The first-order valence-electron chi connectivity index (χ1n) is 11.4. The topological polar surface area (TPSA) is 42.9 Å². The highest BCUT2D eigenvalue weighted by Crippen LogP contribution is 2.37. The van der Waals surface area contributed by atoms with E-state index < -0.39 is 0 Å². The van der Waals surface area contributed by atoms with Crippen molar-refractivity contribution in [1.82, 2.24) is 20.4 Å². The zero-order valence-corrected chi connectivity index (χ0v) is 21.2. The second kappa shape index (κ2) is 12.8. The quantitative estimate of drug-likeness (QED) is 0.304. The van der Waals surface area contributed by atoms with Crippen LogP contribution in [0.1, 0.15) is 58.8 Å². The highest BCUT2D eigenvalue weighted by Gasteiger charge is 2.40. The summed E-state index contributed by atoms with van der Waals surface area (Å²) >= 11 is 2.11. The molecule has 2 saturated heterocycles. The lowest BCUT2D eigenvalue weighted by molar-refractivity contribution is 0.112. The molecule has 2 aliphatic heterocycles.